The average Bonchev–Trinajstić information content (AvgIpc) is 2.87. The second-order valence-corrected chi connectivity index (χ2v) is 8.40. The largest absolute Gasteiger partial charge is 0.338 e. The third kappa shape index (κ3) is 14.1. The van der Waals surface area contributed by atoms with Crippen molar-refractivity contribution in [1.29, 1.82) is 0 Å². The standard InChI is InChI=1S/C26H40N6O2/c33-25(31-21-23-15-9-13-17-27-23)29-19-11-7-5-3-1-2-4-6-8-12-20-30-26(34)32-22-24-16-10-14-18-28-24/h9-10,13-18H,1-8,11-12,19-22H2,(H2,29,31,33)(H2,30,32,34). The van der Waals surface area contributed by atoms with Crippen molar-refractivity contribution < 1.29 is 9.59 Å². The van der Waals surface area contributed by atoms with E-state index in [9.17, 15) is 9.59 Å². The smallest absolute Gasteiger partial charge is 0.315 e. The van der Waals surface area contributed by atoms with Gasteiger partial charge in [0.15, 0.2) is 0 Å². The summed E-state index contributed by atoms with van der Waals surface area (Å²) in [4.78, 5) is 31.9. The van der Waals surface area contributed by atoms with E-state index in [-0.39, 0.29) is 12.1 Å². The molecule has 0 aliphatic heterocycles. The molecule has 0 unspecified atom stereocenters. The van der Waals surface area contributed by atoms with E-state index in [2.05, 4.69) is 31.2 Å². The summed E-state index contributed by atoms with van der Waals surface area (Å²) in [5.41, 5.74) is 1.71. The predicted octanol–water partition coefficient (Wildman–Crippen LogP) is 4.68. The lowest BCUT2D eigenvalue weighted by molar-refractivity contribution is 0.239. The van der Waals surface area contributed by atoms with Crippen LogP contribution in [0.25, 0.3) is 0 Å². The van der Waals surface area contributed by atoms with Crippen molar-refractivity contribution in [1.82, 2.24) is 31.2 Å². The number of aromatic nitrogens is 2. The predicted molar refractivity (Wildman–Crippen MR) is 135 cm³/mol. The Hall–Kier alpha value is -3.16. The molecule has 2 aromatic rings. The first-order valence-corrected chi connectivity index (χ1v) is 12.6. The highest BCUT2D eigenvalue weighted by molar-refractivity contribution is 5.74. The quantitative estimate of drug-likeness (QED) is 0.253. The van der Waals surface area contributed by atoms with Crippen LogP contribution in [0.5, 0.6) is 0 Å². The summed E-state index contributed by atoms with van der Waals surface area (Å²) < 4.78 is 0. The summed E-state index contributed by atoms with van der Waals surface area (Å²) in [5.74, 6) is 0. The Labute approximate surface area is 203 Å². The monoisotopic (exact) mass is 468 g/mol. The molecule has 186 valence electrons. The topological polar surface area (TPSA) is 108 Å². The Morgan fingerprint density at radius 1 is 0.529 bits per heavy atom. The van der Waals surface area contributed by atoms with Gasteiger partial charge in [0.25, 0.3) is 0 Å². The number of carbonyl (C=O) groups is 2. The van der Waals surface area contributed by atoms with E-state index < -0.39 is 0 Å². The maximum atomic E-state index is 11.8. The fourth-order valence-electron chi connectivity index (χ4n) is 3.54. The second-order valence-electron chi connectivity index (χ2n) is 8.40. The Morgan fingerprint density at radius 3 is 1.26 bits per heavy atom. The normalized spacial score (nSPS) is 10.5. The zero-order valence-corrected chi connectivity index (χ0v) is 20.2. The summed E-state index contributed by atoms with van der Waals surface area (Å²) in [7, 11) is 0. The van der Waals surface area contributed by atoms with Crippen LogP contribution in [0.1, 0.15) is 75.6 Å². The van der Waals surface area contributed by atoms with E-state index in [1.807, 2.05) is 36.4 Å². The Bertz CT molecular complexity index is 721. The molecule has 0 aliphatic carbocycles. The van der Waals surface area contributed by atoms with Gasteiger partial charge in [0, 0.05) is 25.5 Å². The van der Waals surface area contributed by atoms with Crippen LogP contribution < -0.4 is 21.3 Å². The molecule has 0 atom stereocenters. The molecule has 2 aromatic heterocycles. The van der Waals surface area contributed by atoms with E-state index in [0.29, 0.717) is 26.2 Å². The summed E-state index contributed by atoms with van der Waals surface area (Å²) in [6.07, 6.45) is 15.3. The molecule has 2 rings (SSSR count). The van der Waals surface area contributed by atoms with Crippen molar-refractivity contribution in [2.75, 3.05) is 13.1 Å². The van der Waals surface area contributed by atoms with Gasteiger partial charge in [-0.1, -0.05) is 63.5 Å². The molecule has 0 radical (unpaired) electrons. The van der Waals surface area contributed by atoms with Gasteiger partial charge < -0.3 is 21.3 Å². The molecule has 0 bridgehead atoms. The number of carbonyl (C=O) groups excluding carboxylic acids is 2. The highest BCUT2D eigenvalue weighted by Crippen LogP contribution is 2.10. The number of nitrogens with one attached hydrogen (secondary N) is 4. The van der Waals surface area contributed by atoms with Gasteiger partial charge >= 0.3 is 12.1 Å². The van der Waals surface area contributed by atoms with E-state index in [4.69, 9.17) is 0 Å². The highest BCUT2D eigenvalue weighted by atomic mass is 16.2. The molecule has 0 saturated carbocycles. The van der Waals surface area contributed by atoms with Gasteiger partial charge in [-0.05, 0) is 37.1 Å². The summed E-state index contributed by atoms with van der Waals surface area (Å²) in [6, 6.07) is 11.1. The molecule has 0 spiro atoms. The van der Waals surface area contributed by atoms with Crippen molar-refractivity contribution in [3.8, 4) is 0 Å². The van der Waals surface area contributed by atoms with Crippen LogP contribution in [-0.2, 0) is 13.1 Å². The van der Waals surface area contributed by atoms with Crippen LogP contribution in [0.15, 0.2) is 48.8 Å². The zero-order valence-electron chi connectivity index (χ0n) is 20.2. The van der Waals surface area contributed by atoms with E-state index >= 15 is 0 Å². The summed E-state index contributed by atoms with van der Waals surface area (Å²) in [6.45, 7) is 2.32. The van der Waals surface area contributed by atoms with E-state index in [0.717, 1.165) is 37.1 Å². The number of urea groups is 2. The van der Waals surface area contributed by atoms with Crippen molar-refractivity contribution in [3.63, 3.8) is 0 Å². The van der Waals surface area contributed by atoms with Crippen LogP contribution in [0.3, 0.4) is 0 Å². The third-order valence-corrected chi connectivity index (χ3v) is 5.49. The number of hydrogen-bond acceptors (Lipinski definition) is 4. The molecule has 8 heteroatoms. The lowest BCUT2D eigenvalue weighted by atomic mass is 10.1. The van der Waals surface area contributed by atoms with Crippen LogP contribution in [0.2, 0.25) is 0 Å². The van der Waals surface area contributed by atoms with Gasteiger partial charge in [-0.25, -0.2) is 9.59 Å². The van der Waals surface area contributed by atoms with Gasteiger partial charge in [0.1, 0.15) is 0 Å². The molecule has 0 aromatic carbocycles. The van der Waals surface area contributed by atoms with Crippen LogP contribution in [-0.4, -0.2) is 35.1 Å². The van der Waals surface area contributed by atoms with Gasteiger partial charge in [-0.2, -0.15) is 0 Å². The number of amides is 4. The molecule has 4 amide bonds. The average molecular weight is 469 g/mol. The molecule has 2 heterocycles. The van der Waals surface area contributed by atoms with Crippen molar-refractivity contribution in [2.24, 2.45) is 0 Å². The first-order valence-electron chi connectivity index (χ1n) is 12.6. The molecule has 4 N–H and O–H groups in total. The van der Waals surface area contributed by atoms with Crippen LogP contribution in [0, 0.1) is 0 Å². The first kappa shape index (κ1) is 27.1. The Kier molecular flexibility index (Phi) is 14.6. The van der Waals surface area contributed by atoms with Crippen LogP contribution in [0.4, 0.5) is 9.59 Å². The lowest BCUT2D eigenvalue weighted by Crippen LogP contribution is -2.35. The van der Waals surface area contributed by atoms with Gasteiger partial charge in [0.05, 0.1) is 24.5 Å². The second kappa shape index (κ2) is 18.3. The number of unbranched alkanes of at least 4 members (excludes halogenated alkanes) is 9. The molecule has 0 fully saturated rings. The Balaban J connectivity index is 1.28. The van der Waals surface area contributed by atoms with Crippen molar-refractivity contribution in [2.45, 2.75) is 77.3 Å². The highest BCUT2D eigenvalue weighted by Gasteiger charge is 2.01. The molecular weight excluding hydrogens is 428 g/mol. The zero-order chi connectivity index (χ0) is 24.1. The number of hydrogen-bond donors (Lipinski definition) is 4. The van der Waals surface area contributed by atoms with Crippen molar-refractivity contribution in [3.05, 3.63) is 60.2 Å². The van der Waals surface area contributed by atoms with Crippen molar-refractivity contribution >= 4 is 12.1 Å². The molecule has 34 heavy (non-hydrogen) atoms. The summed E-state index contributed by atoms with van der Waals surface area (Å²) in [5, 5.41) is 11.4. The molecule has 0 aliphatic rings. The van der Waals surface area contributed by atoms with Crippen LogP contribution >= 0.6 is 0 Å². The minimum Gasteiger partial charge on any atom is -0.338 e. The fourth-order valence-corrected chi connectivity index (χ4v) is 3.54. The molecule has 8 nitrogen and oxygen atoms in total. The summed E-state index contributed by atoms with van der Waals surface area (Å²) >= 11 is 0. The lowest BCUT2D eigenvalue weighted by Gasteiger charge is -2.08. The number of nitrogens with zero attached hydrogens (tertiary/aromatic N) is 2. The SMILES string of the molecule is O=C(NCCCCCCCCCCCCNC(=O)NCc1ccccn1)NCc1ccccn1. The third-order valence-electron chi connectivity index (χ3n) is 5.49. The molecular formula is C26H40N6O2. The first-order chi connectivity index (χ1) is 16.7. The van der Waals surface area contributed by atoms with E-state index in [1.54, 1.807) is 12.4 Å². The van der Waals surface area contributed by atoms with Gasteiger partial charge in [0.2, 0.25) is 0 Å². The Morgan fingerprint density at radius 2 is 0.912 bits per heavy atom. The number of pyridine rings is 2. The maximum Gasteiger partial charge on any atom is 0.315 e. The maximum absolute atomic E-state index is 11.8. The van der Waals surface area contributed by atoms with Gasteiger partial charge in [-0.15, -0.1) is 0 Å². The number of rotatable bonds is 17. The fraction of sp³-hybridized carbons (Fsp3) is 0.538. The molecule has 0 saturated heterocycles. The minimum absolute atomic E-state index is 0.133. The van der Waals surface area contributed by atoms with Gasteiger partial charge in [-0.3, -0.25) is 9.97 Å². The van der Waals surface area contributed by atoms with E-state index in [1.165, 1.54) is 38.5 Å². The minimum atomic E-state index is -0.133.